The summed E-state index contributed by atoms with van der Waals surface area (Å²) < 4.78 is 44.0. The van der Waals surface area contributed by atoms with Gasteiger partial charge in [0.05, 0.1) is 25.2 Å². The van der Waals surface area contributed by atoms with Crippen molar-refractivity contribution in [2.75, 3.05) is 19.8 Å². The highest BCUT2D eigenvalue weighted by molar-refractivity contribution is 5.79. The van der Waals surface area contributed by atoms with Crippen LogP contribution in [0.15, 0.2) is 24.4 Å². The summed E-state index contributed by atoms with van der Waals surface area (Å²) in [5.41, 5.74) is 0.836. The molecule has 0 bridgehead atoms. The van der Waals surface area contributed by atoms with Gasteiger partial charge in [-0.25, -0.2) is 4.79 Å². The van der Waals surface area contributed by atoms with Crippen LogP contribution in [0.5, 0.6) is 0 Å². The maximum absolute atomic E-state index is 12.8. The number of alkyl halides is 3. The van der Waals surface area contributed by atoms with Gasteiger partial charge in [0.2, 0.25) is 5.91 Å². The average Bonchev–Trinajstić information content (AvgIpc) is 3.42. The molecule has 2 heterocycles. The zero-order valence-corrected chi connectivity index (χ0v) is 17.8. The minimum atomic E-state index is -5.08. The van der Waals surface area contributed by atoms with Gasteiger partial charge in [-0.15, -0.1) is 0 Å². The lowest BCUT2D eigenvalue weighted by Gasteiger charge is -2.39. The van der Waals surface area contributed by atoms with Crippen LogP contribution in [0.4, 0.5) is 13.2 Å². The van der Waals surface area contributed by atoms with Crippen LogP contribution in [0.3, 0.4) is 0 Å². The van der Waals surface area contributed by atoms with Crippen molar-refractivity contribution in [1.82, 2.24) is 9.88 Å². The van der Waals surface area contributed by atoms with Crippen molar-refractivity contribution in [1.29, 1.82) is 0 Å². The Morgan fingerprint density at radius 3 is 2.53 bits per heavy atom. The number of carbonyl (C=O) groups is 2. The first-order valence-corrected chi connectivity index (χ1v) is 11.0. The molecule has 10 heteroatoms. The zero-order valence-electron chi connectivity index (χ0n) is 17.8. The van der Waals surface area contributed by atoms with Crippen molar-refractivity contribution in [2.24, 2.45) is 5.92 Å². The fourth-order valence-corrected chi connectivity index (χ4v) is 4.60. The number of halogens is 3. The monoisotopic (exact) mass is 458 g/mol. The van der Waals surface area contributed by atoms with Crippen LogP contribution in [0.1, 0.15) is 44.2 Å². The van der Waals surface area contributed by atoms with Crippen molar-refractivity contribution in [3.8, 4) is 0 Å². The molecule has 4 rings (SSSR count). The standard InChI is InChI=1S/C20H28N2O3.C2HF3O2/c23-19(13-16-7-3-4-10-21-16)22-11-12-24-20-17(22)8-9-18(20)25-14-15-5-1-2-6-15;3-2(4,5)1(6)7/h3-4,7,10,15,17-18,20H,1-2,5-6,8-9,11-14H2;(H,6,7)/t17-,18+,20+;/m0./s1. The summed E-state index contributed by atoms with van der Waals surface area (Å²) >= 11 is 0. The number of aromatic nitrogens is 1. The van der Waals surface area contributed by atoms with E-state index in [9.17, 15) is 18.0 Å². The van der Waals surface area contributed by atoms with Crippen molar-refractivity contribution >= 4 is 11.9 Å². The molecule has 0 spiro atoms. The van der Waals surface area contributed by atoms with E-state index in [1.54, 1.807) is 6.20 Å². The molecule has 1 saturated heterocycles. The second-order valence-corrected chi connectivity index (χ2v) is 8.39. The number of carboxylic acid groups (broad SMARTS) is 1. The molecule has 3 atom stereocenters. The minimum absolute atomic E-state index is 0.0443. The van der Waals surface area contributed by atoms with E-state index in [4.69, 9.17) is 19.4 Å². The summed E-state index contributed by atoms with van der Waals surface area (Å²) in [6.45, 7) is 2.15. The van der Waals surface area contributed by atoms with Crippen molar-refractivity contribution in [3.63, 3.8) is 0 Å². The lowest BCUT2D eigenvalue weighted by Crippen LogP contribution is -2.54. The van der Waals surface area contributed by atoms with Gasteiger partial charge in [0.1, 0.15) is 6.10 Å². The molecule has 2 aliphatic carbocycles. The molecule has 0 radical (unpaired) electrons. The van der Waals surface area contributed by atoms with E-state index in [1.807, 2.05) is 23.1 Å². The first kappa shape index (κ1) is 24.4. The van der Waals surface area contributed by atoms with Crippen LogP contribution < -0.4 is 0 Å². The number of carboxylic acids is 1. The molecular weight excluding hydrogens is 429 g/mol. The predicted octanol–water partition coefficient (Wildman–Crippen LogP) is 3.22. The van der Waals surface area contributed by atoms with Crippen molar-refractivity contribution in [3.05, 3.63) is 30.1 Å². The van der Waals surface area contributed by atoms with Gasteiger partial charge in [0, 0.05) is 25.0 Å². The second-order valence-electron chi connectivity index (χ2n) is 8.39. The Hall–Kier alpha value is -2.20. The maximum atomic E-state index is 12.8. The number of fused-ring (bicyclic) bond motifs is 1. The van der Waals surface area contributed by atoms with Gasteiger partial charge in [-0.3, -0.25) is 9.78 Å². The summed E-state index contributed by atoms with van der Waals surface area (Å²) in [5, 5.41) is 7.12. The molecule has 1 aliphatic heterocycles. The number of ether oxygens (including phenoxy) is 2. The van der Waals surface area contributed by atoms with Crippen LogP contribution in [-0.2, 0) is 25.5 Å². The Kier molecular flexibility index (Phi) is 8.47. The van der Waals surface area contributed by atoms with Crippen LogP contribution in [0.2, 0.25) is 0 Å². The fraction of sp³-hybridized carbons (Fsp3) is 0.682. The molecule has 0 unspecified atom stereocenters. The third-order valence-electron chi connectivity index (χ3n) is 6.18. The van der Waals surface area contributed by atoms with E-state index < -0.39 is 12.1 Å². The van der Waals surface area contributed by atoms with Gasteiger partial charge >= 0.3 is 12.1 Å². The van der Waals surface area contributed by atoms with E-state index in [-0.39, 0.29) is 24.2 Å². The highest BCUT2D eigenvalue weighted by Gasteiger charge is 2.45. The highest BCUT2D eigenvalue weighted by Crippen LogP contribution is 2.34. The van der Waals surface area contributed by atoms with E-state index in [2.05, 4.69) is 4.98 Å². The first-order chi connectivity index (χ1) is 15.3. The minimum Gasteiger partial charge on any atom is -0.475 e. The fourth-order valence-electron chi connectivity index (χ4n) is 4.60. The molecule has 2 saturated carbocycles. The summed E-state index contributed by atoms with van der Waals surface area (Å²) in [7, 11) is 0. The third kappa shape index (κ3) is 6.65. The van der Waals surface area contributed by atoms with Crippen LogP contribution >= 0.6 is 0 Å². The lowest BCUT2D eigenvalue weighted by molar-refractivity contribution is -0.192. The van der Waals surface area contributed by atoms with Gasteiger partial charge in [0.25, 0.3) is 0 Å². The number of hydrogen-bond acceptors (Lipinski definition) is 5. The van der Waals surface area contributed by atoms with E-state index in [0.717, 1.165) is 31.1 Å². The Morgan fingerprint density at radius 2 is 1.91 bits per heavy atom. The number of amides is 1. The molecule has 1 amide bonds. The average molecular weight is 458 g/mol. The number of rotatable bonds is 5. The van der Waals surface area contributed by atoms with Crippen molar-refractivity contribution < 1.29 is 37.3 Å². The van der Waals surface area contributed by atoms with Gasteiger partial charge in [-0.05, 0) is 43.7 Å². The van der Waals surface area contributed by atoms with Gasteiger partial charge in [0.15, 0.2) is 0 Å². The number of carbonyl (C=O) groups excluding carboxylic acids is 1. The predicted molar refractivity (Wildman–Crippen MR) is 108 cm³/mol. The number of nitrogens with zero attached hydrogens (tertiary/aromatic N) is 2. The Balaban J connectivity index is 0.000000360. The third-order valence-corrected chi connectivity index (χ3v) is 6.18. The Labute approximate surface area is 184 Å². The number of pyridine rings is 1. The van der Waals surface area contributed by atoms with E-state index >= 15 is 0 Å². The highest BCUT2D eigenvalue weighted by atomic mass is 19.4. The smallest absolute Gasteiger partial charge is 0.475 e. The molecule has 0 aromatic carbocycles. The SMILES string of the molecule is O=C(Cc1ccccn1)N1CCO[C@H]2[C@H](OCC3CCCC3)CC[C@@H]21.O=C(O)C(F)(F)F. The quantitative estimate of drug-likeness (QED) is 0.729. The summed E-state index contributed by atoms with van der Waals surface area (Å²) in [5.74, 6) is -1.87. The van der Waals surface area contributed by atoms with Gasteiger partial charge < -0.3 is 19.5 Å². The van der Waals surface area contributed by atoms with Crippen molar-refractivity contribution in [2.45, 2.75) is 69.4 Å². The van der Waals surface area contributed by atoms with Gasteiger partial charge in [-0.2, -0.15) is 13.2 Å². The molecule has 7 nitrogen and oxygen atoms in total. The Morgan fingerprint density at radius 1 is 1.19 bits per heavy atom. The topological polar surface area (TPSA) is 89.0 Å². The number of aliphatic carboxylic acids is 1. The molecule has 3 aliphatic rings. The second kappa shape index (κ2) is 11.1. The molecule has 1 aromatic heterocycles. The molecule has 178 valence electrons. The summed E-state index contributed by atoms with van der Waals surface area (Å²) in [6.07, 6.45) is 4.49. The van der Waals surface area contributed by atoms with E-state index in [1.165, 1.54) is 25.7 Å². The number of morpholine rings is 1. The first-order valence-electron chi connectivity index (χ1n) is 11.0. The Bertz CT molecular complexity index is 756. The molecule has 32 heavy (non-hydrogen) atoms. The molecule has 1 N–H and O–H groups in total. The number of hydrogen-bond donors (Lipinski definition) is 1. The van der Waals surface area contributed by atoms with Crippen LogP contribution in [-0.4, -0.2) is 71.1 Å². The molecular formula is C22H29F3N2O5. The largest absolute Gasteiger partial charge is 0.490 e. The molecule has 1 aromatic rings. The van der Waals surface area contributed by atoms with Crippen LogP contribution in [0.25, 0.3) is 0 Å². The normalized spacial score (nSPS) is 25.7. The summed E-state index contributed by atoms with van der Waals surface area (Å²) in [4.78, 5) is 28.0. The van der Waals surface area contributed by atoms with Gasteiger partial charge in [-0.1, -0.05) is 18.9 Å². The van der Waals surface area contributed by atoms with E-state index in [0.29, 0.717) is 19.6 Å². The lowest BCUT2D eigenvalue weighted by atomic mass is 10.1. The molecule has 3 fully saturated rings. The summed E-state index contributed by atoms with van der Waals surface area (Å²) in [6, 6.07) is 5.89. The maximum Gasteiger partial charge on any atom is 0.490 e. The zero-order chi connectivity index (χ0) is 23.1. The van der Waals surface area contributed by atoms with Crippen LogP contribution in [0, 0.1) is 5.92 Å².